The number of allylic oxidation sites excluding steroid dienone is 2. The number of nitrogens with zero attached hydrogens (tertiary/aromatic N) is 1. The van der Waals surface area contributed by atoms with Crippen LogP contribution in [0.15, 0.2) is 36.4 Å². The van der Waals surface area contributed by atoms with Gasteiger partial charge in [0.1, 0.15) is 0 Å². The number of esters is 1. The first-order valence-electron chi connectivity index (χ1n) is 5.92. The van der Waals surface area contributed by atoms with E-state index in [9.17, 15) is 14.9 Å². The van der Waals surface area contributed by atoms with Crippen molar-refractivity contribution >= 4 is 17.7 Å². The summed E-state index contributed by atoms with van der Waals surface area (Å²) < 4.78 is 9.61. The Hall–Kier alpha value is -2.63. The van der Waals surface area contributed by atoms with Gasteiger partial charge < -0.3 is 9.47 Å². The Morgan fingerprint density at radius 2 is 2.15 bits per heavy atom. The van der Waals surface area contributed by atoms with Gasteiger partial charge in [0.25, 0.3) is 0 Å². The van der Waals surface area contributed by atoms with Gasteiger partial charge in [-0.1, -0.05) is 24.3 Å². The zero-order valence-corrected chi connectivity index (χ0v) is 11.2. The van der Waals surface area contributed by atoms with Crippen LogP contribution in [0.1, 0.15) is 12.5 Å². The lowest BCUT2D eigenvalue weighted by Gasteiger charge is -2.01. The molecule has 0 amide bonds. The molecule has 0 heterocycles. The summed E-state index contributed by atoms with van der Waals surface area (Å²) in [5, 5.41) is 10.9. The fraction of sp³-hybridized carbons (Fsp3) is 0.214. The van der Waals surface area contributed by atoms with Crippen LogP contribution in [0.4, 0.5) is 5.69 Å². The number of nitro groups is 1. The first-order chi connectivity index (χ1) is 9.58. The van der Waals surface area contributed by atoms with E-state index in [0.717, 1.165) is 0 Å². The largest absolute Gasteiger partial charge is 0.490 e. The zero-order valence-electron chi connectivity index (χ0n) is 11.2. The highest BCUT2D eigenvalue weighted by molar-refractivity contribution is 5.82. The van der Waals surface area contributed by atoms with Crippen molar-refractivity contribution in [1.29, 1.82) is 0 Å². The third-order valence-electron chi connectivity index (χ3n) is 2.32. The smallest absolute Gasteiger partial charge is 0.330 e. The summed E-state index contributed by atoms with van der Waals surface area (Å²) >= 11 is 0. The first-order valence-corrected chi connectivity index (χ1v) is 5.92. The molecule has 0 saturated heterocycles. The number of carbonyl (C=O) groups is 1. The van der Waals surface area contributed by atoms with E-state index in [1.807, 2.05) is 0 Å². The lowest BCUT2D eigenvalue weighted by molar-refractivity contribution is -0.385. The Kier molecular flexibility index (Phi) is 5.96. The molecule has 0 unspecified atom stereocenters. The molecule has 0 aliphatic rings. The molecule has 0 fully saturated rings. The summed E-state index contributed by atoms with van der Waals surface area (Å²) in [6.07, 6.45) is 6.02. The number of rotatable bonds is 6. The number of nitro benzene ring substituents is 1. The summed E-state index contributed by atoms with van der Waals surface area (Å²) in [5.41, 5.74) is 0.523. The molecule has 6 heteroatoms. The van der Waals surface area contributed by atoms with E-state index in [1.165, 1.54) is 31.4 Å². The fourth-order valence-corrected chi connectivity index (χ4v) is 1.44. The van der Waals surface area contributed by atoms with E-state index in [1.54, 1.807) is 25.1 Å². The van der Waals surface area contributed by atoms with E-state index >= 15 is 0 Å². The van der Waals surface area contributed by atoms with Crippen molar-refractivity contribution in [2.45, 2.75) is 6.92 Å². The summed E-state index contributed by atoms with van der Waals surface area (Å²) in [6.45, 7) is 2.04. The van der Waals surface area contributed by atoms with Crippen molar-refractivity contribution in [2.24, 2.45) is 0 Å². The van der Waals surface area contributed by atoms with Crippen molar-refractivity contribution in [3.8, 4) is 5.75 Å². The van der Waals surface area contributed by atoms with Crippen molar-refractivity contribution in [3.05, 3.63) is 52.1 Å². The SMILES string of the molecule is CCOC(=O)C=CC=Cc1ccc(OC)c([N+](=O)[O-])c1. The van der Waals surface area contributed by atoms with E-state index in [2.05, 4.69) is 0 Å². The third-order valence-corrected chi connectivity index (χ3v) is 2.32. The molecule has 0 radical (unpaired) electrons. The monoisotopic (exact) mass is 277 g/mol. The minimum absolute atomic E-state index is 0.107. The molecule has 0 saturated carbocycles. The topological polar surface area (TPSA) is 78.7 Å². The van der Waals surface area contributed by atoms with Crippen LogP contribution in [0.3, 0.4) is 0 Å². The normalized spacial score (nSPS) is 10.9. The second kappa shape index (κ2) is 7.73. The Labute approximate surface area is 116 Å². The quantitative estimate of drug-likeness (QED) is 0.262. The third kappa shape index (κ3) is 4.56. The average molecular weight is 277 g/mol. The molecule has 0 aromatic heterocycles. The van der Waals surface area contributed by atoms with Gasteiger partial charge in [0, 0.05) is 12.1 Å². The van der Waals surface area contributed by atoms with Crippen molar-refractivity contribution in [2.75, 3.05) is 13.7 Å². The molecule has 1 aromatic rings. The highest BCUT2D eigenvalue weighted by Gasteiger charge is 2.13. The molecule has 106 valence electrons. The maximum absolute atomic E-state index is 11.0. The molecule has 0 spiro atoms. The highest BCUT2D eigenvalue weighted by atomic mass is 16.6. The predicted molar refractivity (Wildman–Crippen MR) is 74.5 cm³/mol. The predicted octanol–water partition coefficient (Wildman–Crippen LogP) is 2.74. The van der Waals surface area contributed by atoms with Crippen LogP contribution in [0.25, 0.3) is 6.08 Å². The van der Waals surface area contributed by atoms with Gasteiger partial charge in [0.05, 0.1) is 18.6 Å². The standard InChI is InChI=1S/C14H15NO5/c1-3-20-14(16)7-5-4-6-11-8-9-13(19-2)12(10-11)15(17)18/h4-10H,3H2,1-2H3. The Morgan fingerprint density at radius 1 is 1.40 bits per heavy atom. The Bertz CT molecular complexity index is 548. The van der Waals surface area contributed by atoms with Gasteiger partial charge in [0.2, 0.25) is 0 Å². The van der Waals surface area contributed by atoms with Crippen LogP contribution in [0.2, 0.25) is 0 Å². The van der Waals surface area contributed by atoms with Crippen molar-refractivity contribution in [3.63, 3.8) is 0 Å². The van der Waals surface area contributed by atoms with Gasteiger partial charge in [0.15, 0.2) is 5.75 Å². The molecular weight excluding hydrogens is 262 g/mol. The lowest BCUT2D eigenvalue weighted by Crippen LogP contribution is -1.98. The number of benzene rings is 1. The Morgan fingerprint density at radius 3 is 2.75 bits per heavy atom. The highest BCUT2D eigenvalue weighted by Crippen LogP contribution is 2.27. The van der Waals surface area contributed by atoms with Crippen molar-refractivity contribution < 1.29 is 19.2 Å². The maximum Gasteiger partial charge on any atom is 0.330 e. The van der Waals surface area contributed by atoms with Crippen LogP contribution < -0.4 is 4.74 Å². The summed E-state index contributed by atoms with van der Waals surface area (Å²) in [6, 6.07) is 4.60. The van der Waals surface area contributed by atoms with Crippen LogP contribution in [-0.2, 0) is 9.53 Å². The molecule has 6 nitrogen and oxygen atoms in total. The van der Waals surface area contributed by atoms with Gasteiger partial charge in [-0.15, -0.1) is 0 Å². The molecule has 0 N–H and O–H groups in total. The molecule has 0 atom stereocenters. The molecular formula is C14H15NO5. The molecule has 0 aliphatic carbocycles. The van der Waals surface area contributed by atoms with Gasteiger partial charge in [-0.3, -0.25) is 10.1 Å². The summed E-state index contributed by atoms with van der Waals surface area (Å²) in [5.74, 6) is -0.230. The van der Waals surface area contributed by atoms with Gasteiger partial charge in [-0.25, -0.2) is 4.79 Å². The molecule has 1 rings (SSSR count). The maximum atomic E-state index is 11.0. The molecule has 0 aliphatic heterocycles. The van der Waals surface area contributed by atoms with E-state index in [0.29, 0.717) is 12.2 Å². The second-order valence-electron chi connectivity index (χ2n) is 3.66. The van der Waals surface area contributed by atoms with E-state index in [4.69, 9.17) is 9.47 Å². The van der Waals surface area contributed by atoms with Crippen LogP contribution >= 0.6 is 0 Å². The number of hydrogen-bond acceptors (Lipinski definition) is 5. The fourth-order valence-electron chi connectivity index (χ4n) is 1.44. The molecule has 20 heavy (non-hydrogen) atoms. The van der Waals surface area contributed by atoms with Crippen LogP contribution in [0, 0.1) is 10.1 Å². The number of methoxy groups -OCH3 is 1. The molecule has 0 bridgehead atoms. The average Bonchev–Trinajstić information content (AvgIpc) is 2.43. The summed E-state index contributed by atoms with van der Waals surface area (Å²) in [7, 11) is 1.37. The van der Waals surface area contributed by atoms with Crippen LogP contribution in [0.5, 0.6) is 5.75 Å². The minimum Gasteiger partial charge on any atom is -0.490 e. The Balaban J connectivity index is 2.80. The molecule has 1 aromatic carbocycles. The number of hydrogen-bond donors (Lipinski definition) is 0. The van der Waals surface area contributed by atoms with Crippen molar-refractivity contribution in [1.82, 2.24) is 0 Å². The van der Waals surface area contributed by atoms with Gasteiger partial charge in [-0.2, -0.15) is 0 Å². The summed E-state index contributed by atoms with van der Waals surface area (Å²) in [4.78, 5) is 21.4. The first kappa shape index (κ1) is 15.4. The van der Waals surface area contributed by atoms with Crippen LogP contribution in [-0.4, -0.2) is 24.6 Å². The van der Waals surface area contributed by atoms with Gasteiger partial charge in [-0.05, 0) is 18.6 Å². The van der Waals surface area contributed by atoms with E-state index in [-0.39, 0.29) is 11.4 Å². The minimum atomic E-state index is -0.509. The number of carbonyl (C=O) groups excluding carboxylic acids is 1. The second-order valence-corrected chi connectivity index (χ2v) is 3.66. The lowest BCUT2D eigenvalue weighted by atomic mass is 10.1. The van der Waals surface area contributed by atoms with E-state index < -0.39 is 10.9 Å². The zero-order chi connectivity index (χ0) is 15.0. The van der Waals surface area contributed by atoms with Gasteiger partial charge >= 0.3 is 11.7 Å². The number of ether oxygens (including phenoxy) is 2.